The molecule has 0 spiro atoms. The van der Waals surface area contributed by atoms with Crippen LogP contribution in [0.1, 0.15) is 23.3 Å². The summed E-state index contributed by atoms with van der Waals surface area (Å²) in [5.74, 6) is 0.201. The Kier molecular flexibility index (Phi) is 6.39. The minimum Gasteiger partial charge on any atom is -0.447 e. The second-order valence-electron chi connectivity index (χ2n) is 6.24. The third kappa shape index (κ3) is 4.65. The van der Waals surface area contributed by atoms with Crippen molar-refractivity contribution in [2.45, 2.75) is 17.8 Å². The highest BCUT2D eigenvalue weighted by atomic mass is 32.2. The van der Waals surface area contributed by atoms with Gasteiger partial charge in [0.25, 0.3) is 5.91 Å². The molecule has 0 aliphatic heterocycles. The van der Waals surface area contributed by atoms with Gasteiger partial charge in [0.2, 0.25) is 5.89 Å². The number of hydrogen-bond donors (Lipinski definition) is 1. The third-order valence-electron chi connectivity index (χ3n) is 4.18. The van der Waals surface area contributed by atoms with E-state index in [1.54, 1.807) is 29.7 Å². The number of benzene rings is 2. The molecule has 4 rings (SSSR count). The average Bonchev–Trinajstić information content (AvgIpc) is 3.44. The molecule has 0 fully saturated rings. The Morgan fingerprint density at radius 2 is 1.94 bits per heavy atom. The normalized spacial score (nSPS) is 10.9. The lowest BCUT2D eigenvalue weighted by molar-refractivity contribution is 0.0360. The van der Waals surface area contributed by atoms with Gasteiger partial charge in [0.15, 0.2) is 16.7 Å². The smallest absolute Gasteiger partial charge is 0.296 e. The van der Waals surface area contributed by atoms with Crippen LogP contribution in [-0.2, 0) is 10.6 Å². The SMILES string of the molecule is CCONC(=O)c1coc(CSc2nnc(-c3ccccc3)n2-c2ccccc2F)n1. The van der Waals surface area contributed by atoms with Crippen LogP contribution in [-0.4, -0.2) is 32.3 Å². The molecule has 1 N–H and O–H groups in total. The zero-order chi connectivity index (χ0) is 21.6. The first kappa shape index (κ1) is 20.8. The monoisotopic (exact) mass is 439 g/mol. The summed E-state index contributed by atoms with van der Waals surface area (Å²) in [6, 6.07) is 15.8. The first-order valence-corrected chi connectivity index (χ1v) is 10.4. The van der Waals surface area contributed by atoms with Crippen molar-refractivity contribution in [1.29, 1.82) is 0 Å². The van der Waals surface area contributed by atoms with Crippen molar-refractivity contribution >= 4 is 17.7 Å². The van der Waals surface area contributed by atoms with Crippen LogP contribution in [0, 0.1) is 5.82 Å². The van der Waals surface area contributed by atoms with Gasteiger partial charge in [-0.25, -0.2) is 14.9 Å². The van der Waals surface area contributed by atoms with Crippen molar-refractivity contribution in [1.82, 2.24) is 25.2 Å². The van der Waals surface area contributed by atoms with Gasteiger partial charge in [0.1, 0.15) is 12.1 Å². The Morgan fingerprint density at radius 3 is 2.71 bits per heavy atom. The molecule has 2 aromatic carbocycles. The van der Waals surface area contributed by atoms with E-state index in [4.69, 9.17) is 9.25 Å². The molecule has 0 bridgehead atoms. The highest BCUT2D eigenvalue weighted by molar-refractivity contribution is 7.98. The summed E-state index contributed by atoms with van der Waals surface area (Å²) in [6.07, 6.45) is 1.25. The lowest BCUT2D eigenvalue weighted by atomic mass is 10.2. The molecule has 8 nitrogen and oxygen atoms in total. The Hall–Kier alpha value is -3.50. The van der Waals surface area contributed by atoms with Crippen molar-refractivity contribution in [2.75, 3.05) is 6.61 Å². The van der Waals surface area contributed by atoms with E-state index in [9.17, 15) is 9.18 Å². The molecule has 2 heterocycles. The Bertz CT molecular complexity index is 1180. The predicted molar refractivity (Wildman–Crippen MR) is 112 cm³/mol. The number of thioether (sulfide) groups is 1. The first-order chi connectivity index (χ1) is 15.2. The number of aromatic nitrogens is 4. The molecule has 158 valence electrons. The van der Waals surface area contributed by atoms with Crippen LogP contribution in [0.3, 0.4) is 0 Å². The van der Waals surface area contributed by atoms with Crippen LogP contribution in [0.2, 0.25) is 0 Å². The summed E-state index contributed by atoms with van der Waals surface area (Å²) in [5, 5.41) is 8.99. The number of carbonyl (C=O) groups excluding carboxylic acids is 1. The van der Waals surface area contributed by atoms with E-state index in [0.717, 1.165) is 5.56 Å². The number of hydroxylamine groups is 1. The van der Waals surface area contributed by atoms with Crippen LogP contribution >= 0.6 is 11.8 Å². The van der Waals surface area contributed by atoms with E-state index in [2.05, 4.69) is 20.7 Å². The van der Waals surface area contributed by atoms with E-state index in [1.807, 2.05) is 30.3 Å². The number of halogens is 1. The minimum absolute atomic E-state index is 0.101. The van der Waals surface area contributed by atoms with Gasteiger partial charge in [-0.15, -0.1) is 10.2 Å². The van der Waals surface area contributed by atoms with Gasteiger partial charge in [-0.1, -0.05) is 54.2 Å². The van der Waals surface area contributed by atoms with Crippen molar-refractivity contribution in [3.05, 3.63) is 78.3 Å². The van der Waals surface area contributed by atoms with E-state index in [1.165, 1.54) is 24.1 Å². The third-order valence-corrected chi connectivity index (χ3v) is 5.09. The van der Waals surface area contributed by atoms with Gasteiger partial charge >= 0.3 is 0 Å². The van der Waals surface area contributed by atoms with Gasteiger partial charge in [-0.2, -0.15) is 0 Å². The molecule has 1 amide bonds. The summed E-state index contributed by atoms with van der Waals surface area (Å²) < 4.78 is 21.6. The fourth-order valence-corrected chi connectivity index (χ4v) is 3.58. The molecule has 2 aromatic heterocycles. The molecule has 10 heteroatoms. The largest absolute Gasteiger partial charge is 0.447 e. The number of amides is 1. The second kappa shape index (κ2) is 9.54. The zero-order valence-corrected chi connectivity index (χ0v) is 17.3. The number of para-hydroxylation sites is 1. The van der Waals surface area contributed by atoms with Crippen molar-refractivity contribution < 1.29 is 18.4 Å². The van der Waals surface area contributed by atoms with Crippen LogP contribution < -0.4 is 5.48 Å². The first-order valence-electron chi connectivity index (χ1n) is 9.42. The molecule has 4 aromatic rings. The van der Waals surface area contributed by atoms with Gasteiger partial charge in [0.05, 0.1) is 18.0 Å². The van der Waals surface area contributed by atoms with Gasteiger partial charge in [0, 0.05) is 5.56 Å². The van der Waals surface area contributed by atoms with Crippen molar-refractivity contribution in [3.63, 3.8) is 0 Å². The van der Waals surface area contributed by atoms with Gasteiger partial charge in [-0.3, -0.25) is 14.2 Å². The predicted octanol–water partition coefficient (Wildman–Crippen LogP) is 4.04. The van der Waals surface area contributed by atoms with E-state index >= 15 is 0 Å². The molecule has 0 saturated carbocycles. The highest BCUT2D eigenvalue weighted by Crippen LogP contribution is 2.30. The lowest BCUT2D eigenvalue weighted by Crippen LogP contribution is -2.23. The fourth-order valence-electron chi connectivity index (χ4n) is 2.79. The summed E-state index contributed by atoms with van der Waals surface area (Å²) in [6.45, 7) is 2.09. The molecular formula is C21H18FN5O3S. The second-order valence-corrected chi connectivity index (χ2v) is 7.18. The van der Waals surface area contributed by atoms with Gasteiger partial charge < -0.3 is 4.42 Å². The molecule has 0 atom stereocenters. The van der Waals surface area contributed by atoms with E-state index in [0.29, 0.717) is 29.2 Å². The topological polar surface area (TPSA) is 95.1 Å². The summed E-state index contributed by atoms with van der Waals surface area (Å²) in [5.41, 5.74) is 3.49. The maximum absolute atomic E-state index is 14.6. The van der Waals surface area contributed by atoms with E-state index in [-0.39, 0.29) is 11.4 Å². The lowest BCUT2D eigenvalue weighted by Gasteiger charge is -2.10. The fraction of sp³-hybridized carbons (Fsp3) is 0.143. The Labute approximate surface area is 181 Å². The van der Waals surface area contributed by atoms with Crippen LogP contribution in [0.25, 0.3) is 17.1 Å². The average molecular weight is 439 g/mol. The van der Waals surface area contributed by atoms with Gasteiger partial charge in [-0.05, 0) is 19.1 Å². The number of carbonyl (C=O) groups is 1. The molecule has 0 unspecified atom stereocenters. The minimum atomic E-state index is -0.497. The van der Waals surface area contributed by atoms with E-state index < -0.39 is 11.7 Å². The van der Waals surface area contributed by atoms with Crippen LogP contribution in [0.15, 0.2) is 70.4 Å². The number of nitrogens with zero attached hydrogens (tertiary/aromatic N) is 4. The van der Waals surface area contributed by atoms with Crippen molar-refractivity contribution in [2.24, 2.45) is 0 Å². The Balaban J connectivity index is 1.61. The molecule has 0 saturated heterocycles. The molecule has 0 aliphatic rings. The number of hydrogen-bond acceptors (Lipinski definition) is 7. The summed E-state index contributed by atoms with van der Waals surface area (Å²) in [4.78, 5) is 20.9. The summed E-state index contributed by atoms with van der Waals surface area (Å²) in [7, 11) is 0. The Morgan fingerprint density at radius 1 is 1.16 bits per heavy atom. The number of nitrogens with one attached hydrogen (secondary N) is 1. The standard InChI is InChI=1S/C21H18FN5O3S/c1-2-30-26-20(28)16-12-29-18(23-16)13-31-21-25-24-19(14-8-4-3-5-9-14)27(21)17-11-7-6-10-15(17)22/h3-12H,2,13H2,1H3,(H,26,28). The van der Waals surface area contributed by atoms with Crippen LogP contribution in [0.5, 0.6) is 0 Å². The maximum atomic E-state index is 14.6. The molecule has 0 radical (unpaired) electrons. The van der Waals surface area contributed by atoms with Crippen molar-refractivity contribution in [3.8, 4) is 17.1 Å². The molecular weight excluding hydrogens is 421 g/mol. The molecule has 31 heavy (non-hydrogen) atoms. The molecule has 0 aliphatic carbocycles. The van der Waals surface area contributed by atoms with Crippen LogP contribution in [0.4, 0.5) is 4.39 Å². The summed E-state index contributed by atoms with van der Waals surface area (Å²) >= 11 is 1.27. The maximum Gasteiger partial charge on any atom is 0.296 e. The highest BCUT2D eigenvalue weighted by Gasteiger charge is 2.20. The number of oxazole rings is 1. The quantitative estimate of drug-likeness (QED) is 0.327. The number of rotatable bonds is 8. The zero-order valence-electron chi connectivity index (χ0n) is 16.5.